The average Bonchev–Trinajstić information content (AvgIpc) is 2.11. The lowest BCUT2D eigenvalue weighted by molar-refractivity contribution is 0.912. The second-order valence-corrected chi connectivity index (χ2v) is 4.20. The van der Waals surface area contributed by atoms with Crippen molar-refractivity contribution in [3.8, 4) is 0 Å². The summed E-state index contributed by atoms with van der Waals surface area (Å²) in [5.41, 5.74) is 4.41. The monoisotopic (exact) mass is 194 g/mol. The lowest BCUT2D eigenvalue weighted by Crippen LogP contribution is -2.04. The van der Waals surface area contributed by atoms with Gasteiger partial charge in [0.25, 0.3) is 0 Å². The maximum absolute atomic E-state index is 2.84. The Morgan fingerprint density at radius 1 is 1.15 bits per heavy atom. The number of hydrogen-bond donors (Lipinski definition) is 0. The molecular formula is C12H19P. The average molecular weight is 194 g/mol. The van der Waals surface area contributed by atoms with E-state index in [2.05, 4.69) is 42.1 Å². The SMILES string of the molecule is CCCc1cc(P)c(CC)cc1C. The molecule has 0 fully saturated rings. The Labute approximate surface area is 84.0 Å². The van der Waals surface area contributed by atoms with Crippen LogP contribution in [0.5, 0.6) is 0 Å². The van der Waals surface area contributed by atoms with Crippen LogP contribution < -0.4 is 5.30 Å². The fourth-order valence-electron chi connectivity index (χ4n) is 1.68. The summed E-state index contributed by atoms with van der Waals surface area (Å²) >= 11 is 0. The van der Waals surface area contributed by atoms with Crippen LogP contribution in [0.2, 0.25) is 0 Å². The van der Waals surface area contributed by atoms with Gasteiger partial charge in [-0.2, -0.15) is 0 Å². The molecule has 0 aliphatic heterocycles. The van der Waals surface area contributed by atoms with Gasteiger partial charge in [0.05, 0.1) is 0 Å². The van der Waals surface area contributed by atoms with Crippen LogP contribution in [0.3, 0.4) is 0 Å². The van der Waals surface area contributed by atoms with Crippen molar-refractivity contribution in [2.45, 2.75) is 40.0 Å². The summed E-state index contributed by atoms with van der Waals surface area (Å²) < 4.78 is 0. The zero-order chi connectivity index (χ0) is 9.84. The molecule has 1 aromatic carbocycles. The number of benzene rings is 1. The molecule has 1 atom stereocenters. The molecule has 0 saturated heterocycles. The van der Waals surface area contributed by atoms with Crippen LogP contribution >= 0.6 is 9.24 Å². The minimum absolute atomic E-state index is 1.13. The van der Waals surface area contributed by atoms with E-state index in [9.17, 15) is 0 Å². The van der Waals surface area contributed by atoms with E-state index < -0.39 is 0 Å². The molecule has 1 unspecified atom stereocenters. The highest BCUT2D eigenvalue weighted by molar-refractivity contribution is 7.27. The van der Waals surface area contributed by atoms with Gasteiger partial charge in [0.2, 0.25) is 0 Å². The molecule has 0 aromatic heterocycles. The molecule has 1 heteroatoms. The van der Waals surface area contributed by atoms with Crippen LogP contribution in [0.1, 0.15) is 37.0 Å². The van der Waals surface area contributed by atoms with Gasteiger partial charge in [-0.3, -0.25) is 0 Å². The first-order valence-electron chi connectivity index (χ1n) is 5.06. The maximum atomic E-state index is 2.84. The first kappa shape index (κ1) is 10.7. The van der Waals surface area contributed by atoms with Crippen LogP contribution in [-0.2, 0) is 12.8 Å². The van der Waals surface area contributed by atoms with Crippen molar-refractivity contribution in [2.24, 2.45) is 0 Å². The van der Waals surface area contributed by atoms with Crippen molar-refractivity contribution in [3.63, 3.8) is 0 Å². The highest BCUT2D eigenvalue weighted by atomic mass is 31.0. The van der Waals surface area contributed by atoms with Crippen molar-refractivity contribution in [1.29, 1.82) is 0 Å². The normalized spacial score (nSPS) is 10.5. The smallest absolute Gasteiger partial charge is 0.0268 e. The molecule has 0 N–H and O–H groups in total. The molecule has 0 aliphatic carbocycles. The summed E-state index contributed by atoms with van der Waals surface area (Å²) in [5, 5.41) is 1.37. The van der Waals surface area contributed by atoms with Crippen molar-refractivity contribution in [1.82, 2.24) is 0 Å². The molecule has 0 nitrogen and oxygen atoms in total. The summed E-state index contributed by atoms with van der Waals surface area (Å²) in [6, 6.07) is 4.65. The molecule has 13 heavy (non-hydrogen) atoms. The zero-order valence-corrected chi connectivity index (χ0v) is 10.0. The fraction of sp³-hybridized carbons (Fsp3) is 0.500. The quantitative estimate of drug-likeness (QED) is 0.649. The second-order valence-electron chi connectivity index (χ2n) is 3.58. The highest BCUT2D eigenvalue weighted by Crippen LogP contribution is 2.13. The number of hydrogen-bond acceptors (Lipinski definition) is 0. The molecular weight excluding hydrogens is 175 g/mol. The van der Waals surface area contributed by atoms with E-state index in [1.54, 1.807) is 0 Å². The van der Waals surface area contributed by atoms with Crippen LogP contribution in [0.25, 0.3) is 0 Å². The predicted molar refractivity (Wildman–Crippen MR) is 63.9 cm³/mol. The van der Waals surface area contributed by atoms with Crippen LogP contribution in [0, 0.1) is 6.92 Å². The van der Waals surface area contributed by atoms with E-state index in [1.165, 1.54) is 34.8 Å². The number of aryl methyl sites for hydroxylation is 3. The third-order valence-electron chi connectivity index (χ3n) is 2.50. The van der Waals surface area contributed by atoms with Crippen molar-refractivity contribution in [3.05, 3.63) is 28.8 Å². The van der Waals surface area contributed by atoms with Gasteiger partial charge in [0.15, 0.2) is 0 Å². The molecule has 0 radical (unpaired) electrons. The maximum Gasteiger partial charge on any atom is -0.0268 e. The highest BCUT2D eigenvalue weighted by Gasteiger charge is 2.02. The topological polar surface area (TPSA) is 0 Å². The standard InChI is InChI=1S/C12H19P/c1-4-6-11-8-12(13)10(5-2)7-9(11)3/h7-8H,4-6,13H2,1-3H3. The Kier molecular flexibility index (Phi) is 3.93. The van der Waals surface area contributed by atoms with Gasteiger partial charge in [-0.15, -0.1) is 9.24 Å². The molecule has 0 saturated carbocycles. The molecule has 1 aromatic rings. The van der Waals surface area contributed by atoms with E-state index >= 15 is 0 Å². The van der Waals surface area contributed by atoms with Gasteiger partial charge < -0.3 is 0 Å². The molecule has 0 bridgehead atoms. The summed E-state index contributed by atoms with van der Waals surface area (Å²) in [5.74, 6) is 0. The van der Waals surface area contributed by atoms with Crippen LogP contribution in [0.15, 0.2) is 12.1 Å². The fourth-order valence-corrected chi connectivity index (χ4v) is 2.17. The summed E-state index contributed by atoms with van der Waals surface area (Å²) in [6.07, 6.45) is 3.57. The Morgan fingerprint density at radius 3 is 2.38 bits per heavy atom. The van der Waals surface area contributed by atoms with E-state index in [0.29, 0.717) is 0 Å². The van der Waals surface area contributed by atoms with Crippen molar-refractivity contribution in [2.75, 3.05) is 0 Å². The Balaban J connectivity index is 3.05. The van der Waals surface area contributed by atoms with Gasteiger partial charge >= 0.3 is 0 Å². The Hall–Kier alpha value is -0.350. The Morgan fingerprint density at radius 2 is 1.85 bits per heavy atom. The first-order chi connectivity index (χ1) is 6.19. The van der Waals surface area contributed by atoms with E-state index in [-0.39, 0.29) is 0 Å². The Bertz CT molecular complexity index is 289. The zero-order valence-electron chi connectivity index (χ0n) is 8.85. The van der Waals surface area contributed by atoms with Gasteiger partial charge in [0, 0.05) is 0 Å². The molecule has 0 amide bonds. The third-order valence-corrected chi connectivity index (χ3v) is 3.04. The molecule has 0 heterocycles. The van der Waals surface area contributed by atoms with Crippen molar-refractivity contribution < 1.29 is 0 Å². The minimum Gasteiger partial charge on any atom is -0.105 e. The predicted octanol–water partition coefficient (Wildman–Crippen LogP) is 3.01. The van der Waals surface area contributed by atoms with Gasteiger partial charge in [-0.25, -0.2) is 0 Å². The van der Waals surface area contributed by atoms with E-state index in [4.69, 9.17) is 0 Å². The third kappa shape index (κ3) is 2.54. The second kappa shape index (κ2) is 4.77. The summed E-state index contributed by atoms with van der Waals surface area (Å²) in [7, 11) is 2.84. The van der Waals surface area contributed by atoms with Gasteiger partial charge in [0.1, 0.15) is 0 Å². The molecule has 72 valence electrons. The lowest BCUT2D eigenvalue weighted by atomic mass is 10.0. The van der Waals surface area contributed by atoms with Crippen LogP contribution in [-0.4, -0.2) is 0 Å². The molecule has 0 spiro atoms. The van der Waals surface area contributed by atoms with Crippen LogP contribution in [0.4, 0.5) is 0 Å². The lowest BCUT2D eigenvalue weighted by Gasteiger charge is -2.09. The minimum atomic E-state index is 1.13. The summed E-state index contributed by atoms with van der Waals surface area (Å²) in [4.78, 5) is 0. The van der Waals surface area contributed by atoms with Gasteiger partial charge in [-0.05, 0) is 41.8 Å². The van der Waals surface area contributed by atoms with Crippen molar-refractivity contribution >= 4 is 14.5 Å². The number of rotatable bonds is 3. The first-order valence-corrected chi connectivity index (χ1v) is 5.64. The molecule has 0 aliphatic rings. The molecule has 1 rings (SSSR count). The van der Waals surface area contributed by atoms with E-state index in [0.717, 1.165) is 6.42 Å². The van der Waals surface area contributed by atoms with Gasteiger partial charge in [-0.1, -0.05) is 32.4 Å². The van der Waals surface area contributed by atoms with E-state index in [1.807, 2.05) is 0 Å². The summed E-state index contributed by atoms with van der Waals surface area (Å²) in [6.45, 7) is 6.66. The largest absolute Gasteiger partial charge is 0.105 e.